The Bertz CT molecular complexity index is 619. The summed E-state index contributed by atoms with van der Waals surface area (Å²) in [6.07, 6.45) is 3.96. The summed E-state index contributed by atoms with van der Waals surface area (Å²) in [4.78, 5) is 0. The van der Waals surface area contributed by atoms with Crippen LogP contribution in [0.15, 0.2) is 48.5 Å². The molecule has 0 radical (unpaired) electrons. The maximum atomic E-state index is 7.33. The molecule has 0 saturated carbocycles. The van der Waals surface area contributed by atoms with Crippen molar-refractivity contribution in [2.45, 2.75) is 0 Å². The predicted octanol–water partition coefficient (Wildman–Crippen LogP) is -15.6. The van der Waals surface area contributed by atoms with Gasteiger partial charge in [0.15, 0.2) is 0 Å². The molecule has 27 heavy (non-hydrogen) atoms. The fourth-order valence-electron chi connectivity index (χ4n) is 1.74. The first-order valence-corrected chi connectivity index (χ1v) is 6.13. The Labute approximate surface area is 237 Å². The van der Waals surface area contributed by atoms with Crippen LogP contribution in [0, 0.1) is 10.8 Å². The van der Waals surface area contributed by atoms with Gasteiger partial charge in [-0.25, -0.2) is 0 Å². The number of benzene rings is 2. The molecule has 6 N–H and O–H groups in total. The third kappa shape index (κ3) is 14.3. The first kappa shape index (κ1) is 41.9. The summed E-state index contributed by atoms with van der Waals surface area (Å²) < 4.78 is 0. The van der Waals surface area contributed by atoms with Crippen molar-refractivity contribution in [1.82, 2.24) is 0 Å². The minimum Gasteiger partial charge on any atom is -1.00 e. The number of hydrogen-bond acceptors (Lipinski definition) is 2. The van der Waals surface area contributed by atoms with E-state index in [1.807, 2.05) is 60.7 Å². The summed E-state index contributed by atoms with van der Waals surface area (Å²) in [5.74, 6) is 0.140. The Morgan fingerprint density at radius 3 is 0.963 bits per heavy atom. The van der Waals surface area contributed by atoms with Crippen LogP contribution >= 0.6 is 0 Å². The maximum Gasteiger partial charge on any atom is 4.00 e. The molecule has 0 bridgehead atoms. The number of nitrogens with one attached hydrogen (secondary N) is 2. The monoisotopic (exact) mass is 933 g/mol. The molecule has 0 aliphatic heterocycles. The number of halogens is 6. The van der Waals surface area contributed by atoms with Crippen molar-refractivity contribution in [3.63, 3.8) is 0 Å². The second-order valence-electron chi connectivity index (χ2n) is 4.40. The molecule has 4 nitrogen and oxygen atoms in total. The predicted molar refractivity (Wildman–Crippen MR) is 83.8 cm³/mol. The standard InChI is InChI=1S/C16H16N4.6BrH.Pt/c17-15(18)13-7-3-11(4-8-13)1-2-12-5-9-14(10-6-12)16(19)20;;;;;;;/h1-10H,(H3,17,18)(H3,19,20);6*1H;/q;;;;;;;+4/p-6/b2-1+;;;;;;;. The normalized spacial score (nSPS) is 7.85. The van der Waals surface area contributed by atoms with Crippen molar-refractivity contribution in [3.8, 4) is 0 Å². The summed E-state index contributed by atoms with van der Waals surface area (Å²) in [7, 11) is 0. The third-order valence-corrected chi connectivity index (χ3v) is 2.91. The van der Waals surface area contributed by atoms with Crippen molar-refractivity contribution in [1.29, 1.82) is 10.8 Å². The van der Waals surface area contributed by atoms with Gasteiger partial charge in [-0.3, -0.25) is 10.8 Å². The van der Waals surface area contributed by atoms with Gasteiger partial charge >= 0.3 is 21.1 Å². The number of hydrogen-bond donors (Lipinski definition) is 4. The van der Waals surface area contributed by atoms with E-state index in [0.29, 0.717) is 11.1 Å². The average Bonchev–Trinajstić information content (AvgIpc) is 2.46. The molecule has 0 unspecified atom stereocenters. The summed E-state index contributed by atoms with van der Waals surface area (Å²) >= 11 is 0. The van der Waals surface area contributed by atoms with E-state index in [4.69, 9.17) is 22.3 Å². The number of rotatable bonds is 4. The van der Waals surface area contributed by atoms with Gasteiger partial charge < -0.3 is 113 Å². The molecule has 2 aromatic rings. The Hall–Kier alpha value is 0.688. The van der Waals surface area contributed by atoms with Gasteiger partial charge in [0.1, 0.15) is 11.7 Å². The van der Waals surface area contributed by atoms with Gasteiger partial charge in [0.2, 0.25) is 0 Å². The third-order valence-electron chi connectivity index (χ3n) is 2.91. The summed E-state index contributed by atoms with van der Waals surface area (Å²) in [5.41, 5.74) is 14.3. The Kier molecular flexibility index (Phi) is 33.2. The molecule has 0 aliphatic carbocycles. The van der Waals surface area contributed by atoms with Crippen LogP contribution in [-0.4, -0.2) is 11.7 Å². The van der Waals surface area contributed by atoms with E-state index in [-0.39, 0.29) is 135 Å². The molecule has 0 aliphatic rings. The molecule has 0 saturated heterocycles. The fourth-order valence-corrected chi connectivity index (χ4v) is 1.74. The molecule has 0 fully saturated rings. The zero-order valence-electron chi connectivity index (χ0n) is 13.5. The number of nitrogen functional groups attached to an aromatic ring is 2. The van der Waals surface area contributed by atoms with Crippen molar-refractivity contribution < 1.29 is 123 Å². The molecular weight excluding hydrogens is 923 g/mol. The van der Waals surface area contributed by atoms with Crippen LogP contribution < -0.4 is 113 Å². The molecule has 154 valence electrons. The molecule has 2 aromatic carbocycles. The Morgan fingerprint density at radius 2 is 0.778 bits per heavy atom. The minimum absolute atomic E-state index is 0. The van der Waals surface area contributed by atoms with Crippen LogP contribution in [-0.2, 0) is 21.1 Å². The zero-order valence-corrected chi connectivity index (χ0v) is 25.3. The topological polar surface area (TPSA) is 99.7 Å². The van der Waals surface area contributed by atoms with Crippen molar-refractivity contribution in [2.75, 3.05) is 0 Å². The van der Waals surface area contributed by atoms with E-state index in [1.165, 1.54) is 0 Å². The Morgan fingerprint density at radius 1 is 0.556 bits per heavy atom. The first-order chi connectivity index (χ1) is 9.56. The van der Waals surface area contributed by atoms with E-state index < -0.39 is 0 Å². The number of amidine groups is 2. The van der Waals surface area contributed by atoms with Crippen LogP contribution in [0.5, 0.6) is 0 Å². The van der Waals surface area contributed by atoms with Gasteiger partial charge in [0.05, 0.1) is 0 Å². The molecule has 0 amide bonds. The molecule has 11 heteroatoms. The molecule has 2 rings (SSSR count). The van der Waals surface area contributed by atoms with Gasteiger partial charge in [0.25, 0.3) is 0 Å². The van der Waals surface area contributed by atoms with Crippen molar-refractivity contribution in [2.24, 2.45) is 11.5 Å². The SMILES string of the molecule is N=C(N)c1ccc(/C=C/c2ccc(C(=N)N)cc2)cc1.[Br-].[Br-].[Br-].[Br-].[Br-].[Br-].[Pt+4]. The van der Waals surface area contributed by atoms with Gasteiger partial charge in [0, 0.05) is 11.1 Å². The van der Waals surface area contributed by atoms with Crippen LogP contribution in [0.3, 0.4) is 0 Å². The van der Waals surface area contributed by atoms with E-state index in [1.54, 1.807) is 0 Å². The van der Waals surface area contributed by atoms with Gasteiger partial charge in [-0.05, 0) is 11.1 Å². The molecule has 0 heterocycles. The summed E-state index contributed by atoms with van der Waals surface area (Å²) in [6.45, 7) is 0. The van der Waals surface area contributed by atoms with Gasteiger partial charge in [-0.1, -0.05) is 60.7 Å². The van der Waals surface area contributed by atoms with E-state index in [0.717, 1.165) is 11.1 Å². The second kappa shape index (κ2) is 21.4. The molecule has 0 spiro atoms. The van der Waals surface area contributed by atoms with Crippen LogP contribution in [0.25, 0.3) is 12.2 Å². The smallest absolute Gasteiger partial charge is 1.00 e. The molecule has 0 atom stereocenters. The summed E-state index contributed by atoms with van der Waals surface area (Å²) in [5, 5.41) is 14.7. The van der Waals surface area contributed by atoms with Crippen molar-refractivity contribution >= 4 is 23.8 Å². The zero-order chi connectivity index (χ0) is 14.5. The van der Waals surface area contributed by atoms with E-state index in [9.17, 15) is 0 Å². The first-order valence-electron chi connectivity index (χ1n) is 6.13. The van der Waals surface area contributed by atoms with Gasteiger partial charge in [-0.2, -0.15) is 0 Å². The quantitative estimate of drug-likeness (QED) is 0.139. The largest absolute Gasteiger partial charge is 4.00 e. The van der Waals surface area contributed by atoms with Crippen LogP contribution in [0.4, 0.5) is 0 Å². The van der Waals surface area contributed by atoms with Crippen LogP contribution in [0.2, 0.25) is 0 Å². The second-order valence-corrected chi connectivity index (χ2v) is 4.40. The maximum absolute atomic E-state index is 7.33. The minimum atomic E-state index is 0. The van der Waals surface area contributed by atoms with Gasteiger partial charge in [-0.15, -0.1) is 0 Å². The van der Waals surface area contributed by atoms with Crippen LogP contribution in [0.1, 0.15) is 22.3 Å². The van der Waals surface area contributed by atoms with E-state index >= 15 is 0 Å². The average molecular weight is 939 g/mol. The fraction of sp³-hybridized carbons (Fsp3) is 0. The Balaban J connectivity index is -0.000000157. The number of nitrogens with two attached hydrogens (primary N) is 2. The molecule has 0 aromatic heterocycles. The molecular formula is C16H16Br6N4Pt-2. The van der Waals surface area contributed by atoms with E-state index in [2.05, 4.69) is 0 Å². The van der Waals surface area contributed by atoms with Crippen molar-refractivity contribution in [3.05, 3.63) is 70.8 Å². The summed E-state index contributed by atoms with van der Waals surface area (Å²) in [6, 6.07) is 14.9.